The molecule has 29 heavy (non-hydrogen) atoms. The van der Waals surface area contributed by atoms with Crippen LogP contribution in [0, 0.1) is 5.82 Å². The summed E-state index contributed by atoms with van der Waals surface area (Å²) < 4.78 is 13.1. The fourth-order valence-electron chi connectivity index (χ4n) is 2.36. The van der Waals surface area contributed by atoms with Crippen LogP contribution < -0.4 is 20.5 Å². The van der Waals surface area contributed by atoms with Crippen LogP contribution in [0.1, 0.15) is 5.56 Å². The molecule has 0 bridgehead atoms. The average molecular weight is 394 g/mol. The fourth-order valence-corrected chi connectivity index (χ4v) is 2.36. The maximum absolute atomic E-state index is 13.1. The highest BCUT2D eigenvalue weighted by molar-refractivity contribution is 5.80. The van der Waals surface area contributed by atoms with E-state index in [1.807, 2.05) is 57.4 Å². The predicted octanol–water partition coefficient (Wildman–Crippen LogP) is 3.33. The minimum atomic E-state index is -0.310. The van der Waals surface area contributed by atoms with Crippen LogP contribution >= 0.6 is 0 Å². The van der Waals surface area contributed by atoms with E-state index in [9.17, 15) is 4.39 Å². The Morgan fingerprint density at radius 3 is 2.10 bits per heavy atom. The third kappa shape index (κ3) is 5.61. The van der Waals surface area contributed by atoms with Crippen molar-refractivity contribution in [2.45, 2.75) is 0 Å². The van der Waals surface area contributed by atoms with Crippen molar-refractivity contribution < 1.29 is 4.39 Å². The molecule has 0 radical (unpaired) electrons. The summed E-state index contributed by atoms with van der Waals surface area (Å²) in [7, 11) is 7.64. The van der Waals surface area contributed by atoms with Gasteiger partial charge in [0.15, 0.2) is 0 Å². The molecule has 0 spiro atoms. The van der Waals surface area contributed by atoms with Crippen molar-refractivity contribution in [2.75, 3.05) is 48.7 Å². The molecule has 0 aliphatic heterocycles. The maximum atomic E-state index is 13.1. The number of nitrogens with one attached hydrogen (secondary N) is 2. The van der Waals surface area contributed by atoms with E-state index in [1.54, 1.807) is 23.2 Å². The molecule has 2 aromatic carbocycles. The zero-order valence-electron chi connectivity index (χ0n) is 16.8. The molecule has 9 heteroatoms. The minimum absolute atomic E-state index is 0.287. The largest absolute Gasteiger partial charge is 0.378 e. The Balaban J connectivity index is 1.75. The molecule has 0 aliphatic rings. The van der Waals surface area contributed by atoms with Crippen molar-refractivity contribution >= 4 is 35.4 Å². The molecule has 0 amide bonds. The molecule has 0 aliphatic carbocycles. The lowest BCUT2D eigenvalue weighted by atomic mass is 10.2. The van der Waals surface area contributed by atoms with Crippen LogP contribution in [-0.2, 0) is 0 Å². The first-order valence-corrected chi connectivity index (χ1v) is 8.93. The zero-order valence-corrected chi connectivity index (χ0v) is 16.8. The van der Waals surface area contributed by atoms with Gasteiger partial charge >= 0.3 is 0 Å². The van der Waals surface area contributed by atoms with Crippen LogP contribution in [0.15, 0.2) is 53.6 Å². The first-order chi connectivity index (χ1) is 13.9. The van der Waals surface area contributed by atoms with E-state index < -0.39 is 0 Å². The molecule has 0 saturated carbocycles. The number of rotatable bonds is 7. The standard InChI is InChI=1S/C20H23FN8/c1-28(2)17-11-5-14(6-12-17)13-22-27-19-24-18(25-20(26-19)29(3)4)23-16-9-7-15(21)8-10-16/h5-13H,1-4H3,(H2,23,24,25,26,27). The number of aromatic nitrogens is 3. The molecule has 3 rings (SSSR count). The number of hydrogen-bond donors (Lipinski definition) is 2. The minimum Gasteiger partial charge on any atom is -0.378 e. The summed E-state index contributed by atoms with van der Waals surface area (Å²) in [5.41, 5.74) is 5.55. The van der Waals surface area contributed by atoms with E-state index in [-0.39, 0.29) is 11.8 Å². The summed E-state index contributed by atoms with van der Waals surface area (Å²) in [6.07, 6.45) is 1.69. The van der Waals surface area contributed by atoms with Crippen molar-refractivity contribution in [1.29, 1.82) is 0 Å². The maximum Gasteiger partial charge on any atom is 0.250 e. The molecule has 1 aromatic heterocycles. The number of halogens is 1. The molecule has 0 atom stereocenters. The van der Waals surface area contributed by atoms with Crippen LogP contribution in [-0.4, -0.2) is 49.4 Å². The molecule has 2 N–H and O–H groups in total. The summed E-state index contributed by atoms with van der Waals surface area (Å²) in [6.45, 7) is 0. The molecule has 150 valence electrons. The second kappa shape index (κ2) is 8.96. The second-order valence-corrected chi connectivity index (χ2v) is 6.66. The van der Waals surface area contributed by atoms with Gasteiger partial charge in [-0.25, -0.2) is 9.82 Å². The normalized spacial score (nSPS) is 10.8. The van der Waals surface area contributed by atoms with Gasteiger partial charge in [0.05, 0.1) is 6.21 Å². The van der Waals surface area contributed by atoms with Gasteiger partial charge in [-0.2, -0.15) is 20.1 Å². The van der Waals surface area contributed by atoms with Crippen LogP contribution in [0.3, 0.4) is 0 Å². The van der Waals surface area contributed by atoms with Gasteiger partial charge in [-0.3, -0.25) is 0 Å². The molecule has 0 unspecified atom stereocenters. The summed E-state index contributed by atoms with van der Waals surface area (Å²) in [5, 5.41) is 7.25. The Morgan fingerprint density at radius 2 is 1.48 bits per heavy atom. The second-order valence-electron chi connectivity index (χ2n) is 6.66. The van der Waals surface area contributed by atoms with Gasteiger partial charge in [0, 0.05) is 39.6 Å². The topological polar surface area (TPSA) is 81.6 Å². The lowest BCUT2D eigenvalue weighted by molar-refractivity contribution is 0.628. The summed E-state index contributed by atoms with van der Waals surface area (Å²) in [6, 6.07) is 13.9. The smallest absolute Gasteiger partial charge is 0.250 e. The SMILES string of the molecule is CN(C)c1ccc(C=NNc2nc(Nc3ccc(F)cc3)nc(N(C)C)n2)cc1. The van der Waals surface area contributed by atoms with Gasteiger partial charge in [0.1, 0.15) is 5.82 Å². The quantitative estimate of drug-likeness (QED) is 0.470. The molecule has 0 saturated heterocycles. The first kappa shape index (κ1) is 20.0. The van der Waals surface area contributed by atoms with Crippen LogP contribution in [0.5, 0.6) is 0 Å². The zero-order chi connectivity index (χ0) is 20.8. The molecule has 3 aromatic rings. The molecule has 8 nitrogen and oxygen atoms in total. The van der Waals surface area contributed by atoms with Crippen molar-refractivity contribution in [3.8, 4) is 0 Å². The highest BCUT2D eigenvalue weighted by atomic mass is 19.1. The van der Waals surface area contributed by atoms with Gasteiger partial charge < -0.3 is 15.1 Å². The summed E-state index contributed by atoms with van der Waals surface area (Å²) >= 11 is 0. The van der Waals surface area contributed by atoms with E-state index in [0.717, 1.165) is 11.3 Å². The number of nitrogens with zero attached hydrogens (tertiary/aromatic N) is 6. The Hall–Kier alpha value is -3.75. The number of benzene rings is 2. The lowest BCUT2D eigenvalue weighted by Crippen LogP contribution is -2.15. The molecular formula is C20H23FN8. The van der Waals surface area contributed by atoms with Gasteiger partial charge in [0.2, 0.25) is 17.8 Å². The average Bonchev–Trinajstić information content (AvgIpc) is 2.70. The van der Waals surface area contributed by atoms with Crippen molar-refractivity contribution in [3.63, 3.8) is 0 Å². The van der Waals surface area contributed by atoms with Crippen LogP contribution in [0.25, 0.3) is 0 Å². The third-order valence-corrected chi connectivity index (χ3v) is 3.91. The predicted molar refractivity (Wildman–Crippen MR) is 116 cm³/mol. The Morgan fingerprint density at radius 1 is 0.828 bits per heavy atom. The summed E-state index contributed by atoms with van der Waals surface area (Å²) in [5.74, 6) is 0.756. The fraction of sp³-hybridized carbons (Fsp3) is 0.200. The van der Waals surface area contributed by atoms with Gasteiger partial charge in [-0.15, -0.1) is 0 Å². The monoisotopic (exact) mass is 394 g/mol. The van der Waals surface area contributed by atoms with E-state index in [0.29, 0.717) is 17.6 Å². The van der Waals surface area contributed by atoms with Crippen molar-refractivity contribution in [2.24, 2.45) is 5.10 Å². The van der Waals surface area contributed by atoms with Crippen molar-refractivity contribution in [3.05, 3.63) is 59.9 Å². The Kier molecular flexibility index (Phi) is 6.18. The number of hydrogen-bond acceptors (Lipinski definition) is 8. The van der Waals surface area contributed by atoms with Gasteiger partial charge in [-0.05, 0) is 42.0 Å². The Bertz CT molecular complexity index is 969. The molecule has 1 heterocycles. The van der Waals surface area contributed by atoms with E-state index in [4.69, 9.17) is 0 Å². The first-order valence-electron chi connectivity index (χ1n) is 8.93. The summed E-state index contributed by atoms with van der Waals surface area (Å²) in [4.78, 5) is 16.8. The van der Waals surface area contributed by atoms with Crippen LogP contribution in [0.4, 0.5) is 33.6 Å². The molecule has 0 fully saturated rings. The van der Waals surface area contributed by atoms with E-state index in [2.05, 4.69) is 30.8 Å². The van der Waals surface area contributed by atoms with E-state index >= 15 is 0 Å². The van der Waals surface area contributed by atoms with E-state index in [1.165, 1.54) is 12.1 Å². The molecular weight excluding hydrogens is 371 g/mol. The highest BCUT2D eigenvalue weighted by Gasteiger charge is 2.08. The number of anilines is 5. The van der Waals surface area contributed by atoms with Gasteiger partial charge in [-0.1, -0.05) is 12.1 Å². The van der Waals surface area contributed by atoms with Gasteiger partial charge in [0.25, 0.3) is 0 Å². The lowest BCUT2D eigenvalue weighted by Gasteiger charge is -2.13. The van der Waals surface area contributed by atoms with Crippen LogP contribution in [0.2, 0.25) is 0 Å². The third-order valence-electron chi connectivity index (χ3n) is 3.91. The highest BCUT2D eigenvalue weighted by Crippen LogP contribution is 2.17. The Labute approximate surface area is 169 Å². The van der Waals surface area contributed by atoms with Crippen molar-refractivity contribution in [1.82, 2.24) is 15.0 Å². The number of hydrazone groups is 1.